The molecular weight excluding hydrogens is 337 g/mol. The number of nitrogens with two attached hydrogens (primary N) is 1. The Balaban J connectivity index is 0.00000242. The van der Waals surface area contributed by atoms with Crippen LogP contribution in [0, 0.1) is 5.41 Å². The van der Waals surface area contributed by atoms with Crippen LogP contribution >= 0.6 is 24.8 Å². The standard InChI is InChI=1S/C15H21N5O.2ClH/c1-15(2,10-16)11-19(3)14(21)12-6-4-7-13(18-12)20-9-5-8-17-20;;/h4-9H,10-11,16H2,1-3H3;2*1H. The quantitative estimate of drug-likeness (QED) is 0.887. The molecule has 2 heterocycles. The van der Waals surface area contributed by atoms with Gasteiger partial charge in [-0.05, 0) is 30.2 Å². The molecular formula is C15H23Cl2N5O. The Morgan fingerprint density at radius 2 is 2.00 bits per heavy atom. The van der Waals surface area contributed by atoms with Gasteiger partial charge < -0.3 is 10.6 Å². The van der Waals surface area contributed by atoms with Gasteiger partial charge in [0.05, 0.1) is 0 Å². The van der Waals surface area contributed by atoms with E-state index in [1.165, 1.54) is 0 Å². The molecule has 0 saturated heterocycles. The summed E-state index contributed by atoms with van der Waals surface area (Å²) < 4.78 is 1.63. The van der Waals surface area contributed by atoms with Gasteiger partial charge in [0.1, 0.15) is 5.69 Å². The lowest BCUT2D eigenvalue weighted by Crippen LogP contribution is -2.40. The van der Waals surface area contributed by atoms with Crippen LogP contribution in [0.2, 0.25) is 0 Å². The topological polar surface area (TPSA) is 77.0 Å². The number of halogens is 2. The van der Waals surface area contributed by atoms with Gasteiger partial charge >= 0.3 is 0 Å². The molecule has 0 aliphatic heterocycles. The number of hydrogen-bond donors (Lipinski definition) is 1. The van der Waals surface area contributed by atoms with Gasteiger partial charge in [-0.1, -0.05) is 19.9 Å². The minimum Gasteiger partial charge on any atom is -0.340 e. The van der Waals surface area contributed by atoms with E-state index in [0.717, 1.165) is 0 Å². The van der Waals surface area contributed by atoms with E-state index in [9.17, 15) is 4.79 Å². The van der Waals surface area contributed by atoms with Crippen LogP contribution < -0.4 is 5.73 Å². The van der Waals surface area contributed by atoms with Crippen molar-refractivity contribution in [2.45, 2.75) is 13.8 Å². The average molecular weight is 360 g/mol. The first-order valence-corrected chi connectivity index (χ1v) is 6.85. The Bertz CT molecular complexity index is 616. The number of amides is 1. The van der Waals surface area contributed by atoms with Crippen molar-refractivity contribution in [1.82, 2.24) is 19.7 Å². The second kappa shape index (κ2) is 8.86. The maximum Gasteiger partial charge on any atom is 0.272 e. The molecule has 0 fully saturated rings. The van der Waals surface area contributed by atoms with E-state index in [2.05, 4.69) is 10.1 Å². The molecule has 0 unspecified atom stereocenters. The van der Waals surface area contributed by atoms with Crippen LogP contribution in [0.4, 0.5) is 0 Å². The Kier molecular flexibility index (Phi) is 8.23. The monoisotopic (exact) mass is 359 g/mol. The molecule has 0 aliphatic rings. The highest BCUT2D eigenvalue weighted by atomic mass is 35.5. The molecule has 2 aromatic heterocycles. The summed E-state index contributed by atoms with van der Waals surface area (Å²) in [6, 6.07) is 7.14. The molecule has 0 atom stereocenters. The lowest BCUT2D eigenvalue weighted by molar-refractivity contribution is 0.0734. The zero-order valence-electron chi connectivity index (χ0n) is 13.5. The summed E-state index contributed by atoms with van der Waals surface area (Å²) in [4.78, 5) is 18.5. The molecule has 2 aromatic rings. The lowest BCUT2D eigenvalue weighted by atomic mass is 9.93. The van der Waals surface area contributed by atoms with E-state index in [1.54, 1.807) is 41.2 Å². The minimum atomic E-state index is -0.121. The summed E-state index contributed by atoms with van der Waals surface area (Å²) >= 11 is 0. The van der Waals surface area contributed by atoms with E-state index >= 15 is 0 Å². The Hall–Kier alpha value is -1.63. The maximum atomic E-state index is 12.5. The molecule has 0 bridgehead atoms. The summed E-state index contributed by atoms with van der Waals surface area (Å²) in [6.07, 6.45) is 3.46. The molecule has 23 heavy (non-hydrogen) atoms. The molecule has 2 N–H and O–H groups in total. The number of carbonyl (C=O) groups is 1. The fraction of sp³-hybridized carbons (Fsp3) is 0.400. The van der Waals surface area contributed by atoms with Gasteiger partial charge in [0.25, 0.3) is 5.91 Å². The first-order chi connectivity index (χ1) is 9.93. The van der Waals surface area contributed by atoms with Crippen molar-refractivity contribution >= 4 is 30.7 Å². The third kappa shape index (κ3) is 5.49. The molecule has 1 amide bonds. The number of hydrogen-bond acceptors (Lipinski definition) is 4. The largest absolute Gasteiger partial charge is 0.340 e. The number of aromatic nitrogens is 3. The predicted octanol–water partition coefficient (Wildman–Crippen LogP) is 2.17. The molecule has 6 nitrogen and oxygen atoms in total. The number of rotatable bonds is 5. The fourth-order valence-corrected chi connectivity index (χ4v) is 2.05. The molecule has 0 saturated carbocycles. The molecule has 0 spiro atoms. The number of carbonyl (C=O) groups excluding carboxylic acids is 1. The maximum absolute atomic E-state index is 12.5. The normalized spacial score (nSPS) is 10.4. The SMILES string of the molecule is CN(CC(C)(C)CN)C(=O)c1cccc(-n2cccn2)n1.Cl.Cl. The summed E-state index contributed by atoms with van der Waals surface area (Å²) in [5.41, 5.74) is 6.00. The molecule has 0 radical (unpaired) electrons. The zero-order chi connectivity index (χ0) is 15.5. The first kappa shape index (κ1) is 21.4. The fourth-order valence-electron chi connectivity index (χ4n) is 2.05. The summed E-state index contributed by atoms with van der Waals surface area (Å²) in [7, 11) is 1.77. The first-order valence-electron chi connectivity index (χ1n) is 6.85. The van der Waals surface area contributed by atoms with Gasteiger partial charge in [-0.2, -0.15) is 5.10 Å². The van der Waals surface area contributed by atoms with Crippen molar-refractivity contribution in [1.29, 1.82) is 0 Å². The van der Waals surface area contributed by atoms with E-state index < -0.39 is 0 Å². The Morgan fingerprint density at radius 1 is 1.30 bits per heavy atom. The van der Waals surface area contributed by atoms with Crippen LogP contribution in [0.3, 0.4) is 0 Å². The van der Waals surface area contributed by atoms with Gasteiger partial charge in [0.15, 0.2) is 5.82 Å². The van der Waals surface area contributed by atoms with Gasteiger partial charge in [-0.3, -0.25) is 4.79 Å². The third-order valence-electron chi connectivity index (χ3n) is 3.26. The predicted molar refractivity (Wildman–Crippen MR) is 95.7 cm³/mol. The second-order valence-corrected chi connectivity index (χ2v) is 5.86. The zero-order valence-corrected chi connectivity index (χ0v) is 15.1. The minimum absolute atomic E-state index is 0. The van der Waals surface area contributed by atoms with Gasteiger partial charge in [-0.15, -0.1) is 24.8 Å². The van der Waals surface area contributed by atoms with E-state index in [4.69, 9.17) is 5.73 Å². The van der Waals surface area contributed by atoms with Gasteiger partial charge in [0.2, 0.25) is 0 Å². The lowest BCUT2D eigenvalue weighted by Gasteiger charge is -2.28. The van der Waals surface area contributed by atoms with E-state index in [-0.39, 0.29) is 36.1 Å². The third-order valence-corrected chi connectivity index (χ3v) is 3.26. The number of pyridine rings is 1. The Labute approximate surface area is 148 Å². The number of nitrogens with zero attached hydrogens (tertiary/aromatic N) is 4. The highest BCUT2D eigenvalue weighted by Crippen LogP contribution is 2.15. The van der Waals surface area contributed by atoms with Crippen LogP contribution in [0.25, 0.3) is 5.82 Å². The molecule has 128 valence electrons. The van der Waals surface area contributed by atoms with Gasteiger partial charge in [0, 0.05) is 26.0 Å². The summed E-state index contributed by atoms with van der Waals surface area (Å²) in [5.74, 6) is 0.503. The highest BCUT2D eigenvalue weighted by molar-refractivity contribution is 5.92. The molecule has 0 aliphatic carbocycles. The van der Waals surface area contributed by atoms with Crippen LogP contribution in [-0.2, 0) is 0 Å². The molecule has 2 rings (SSSR count). The smallest absolute Gasteiger partial charge is 0.272 e. The second-order valence-electron chi connectivity index (χ2n) is 5.86. The van der Waals surface area contributed by atoms with Crippen molar-refractivity contribution in [3.8, 4) is 5.82 Å². The van der Waals surface area contributed by atoms with Crippen molar-refractivity contribution in [2.75, 3.05) is 20.1 Å². The Morgan fingerprint density at radius 3 is 2.57 bits per heavy atom. The van der Waals surface area contributed by atoms with E-state index in [0.29, 0.717) is 24.6 Å². The van der Waals surface area contributed by atoms with Gasteiger partial charge in [-0.25, -0.2) is 9.67 Å². The van der Waals surface area contributed by atoms with Crippen LogP contribution in [0.15, 0.2) is 36.7 Å². The van der Waals surface area contributed by atoms with Crippen LogP contribution in [0.1, 0.15) is 24.3 Å². The highest BCUT2D eigenvalue weighted by Gasteiger charge is 2.22. The molecule has 0 aromatic carbocycles. The van der Waals surface area contributed by atoms with Crippen LogP contribution in [-0.4, -0.2) is 45.7 Å². The summed E-state index contributed by atoms with van der Waals surface area (Å²) in [5, 5.41) is 4.12. The van der Waals surface area contributed by atoms with Crippen LogP contribution in [0.5, 0.6) is 0 Å². The van der Waals surface area contributed by atoms with E-state index in [1.807, 2.05) is 26.0 Å². The molecule has 8 heteroatoms. The van der Waals surface area contributed by atoms with Crippen molar-refractivity contribution in [2.24, 2.45) is 11.1 Å². The average Bonchev–Trinajstić information content (AvgIpc) is 3.00. The summed E-state index contributed by atoms with van der Waals surface area (Å²) in [6.45, 7) is 5.16. The van der Waals surface area contributed by atoms with Crippen molar-refractivity contribution in [3.63, 3.8) is 0 Å². The van der Waals surface area contributed by atoms with Crippen molar-refractivity contribution in [3.05, 3.63) is 42.4 Å². The van der Waals surface area contributed by atoms with Crippen molar-refractivity contribution < 1.29 is 4.79 Å².